The molecule has 0 N–H and O–H groups in total. The predicted molar refractivity (Wildman–Crippen MR) is 52.6 cm³/mol. The molecule has 0 atom stereocenters. The minimum Gasteiger partial charge on any atom is -0.299 e. The highest BCUT2D eigenvalue weighted by Gasteiger charge is 1.97. The van der Waals surface area contributed by atoms with E-state index in [1.165, 1.54) is 6.92 Å². The Morgan fingerprint density at radius 3 is 3.00 bits per heavy atom. The highest BCUT2D eigenvalue weighted by Crippen LogP contribution is 2.04. The van der Waals surface area contributed by atoms with Gasteiger partial charge in [-0.25, -0.2) is 4.79 Å². The van der Waals surface area contributed by atoms with Gasteiger partial charge in [-0.2, -0.15) is 10.1 Å². The van der Waals surface area contributed by atoms with Crippen LogP contribution < -0.4 is 0 Å². The van der Waals surface area contributed by atoms with Crippen molar-refractivity contribution in [2.45, 2.75) is 13.3 Å². The second-order valence-electron chi connectivity index (χ2n) is 2.96. The Kier molecular flexibility index (Phi) is 4.32. The second-order valence-corrected chi connectivity index (χ2v) is 2.96. The lowest BCUT2D eigenvalue weighted by molar-refractivity contribution is -0.269. The van der Waals surface area contributed by atoms with Crippen LogP contribution in [-0.4, -0.2) is 12.6 Å². The first kappa shape index (κ1) is 11.2. The normalized spacial score (nSPS) is 9.33. The molecule has 0 aliphatic rings. The van der Waals surface area contributed by atoms with Gasteiger partial charge in [0.15, 0.2) is 0 Å². The van der Waals surface area contributed by atoms with Crippen LogP contribution in [0.4, 0.5) is 0 Å². The van der Waals surface area contributed by atoms with Crippen LogP contribution in [0.25, 0.3) is 0 Å². The zero-order valence-corrected chi connectivity index (χ0v) is 8.40. The number of benzene rings is 1. The Morgan fingerprint density at radius 1 is 1.53 bits per heavy atom. The van der Waals surface area contributed by atoms with Gasteiger partial charge < -0.3 is 0 Å². The van der Waals surface area contributed by atoms with E-state index in [1.807, 2.05) is 12.1 Å². The van der Waals surface area contributed by atoms with E-state index in [2.05, 4.69) is 9.78 Å². The van der Waals surface area contributed by atoms with Gasteiger partial charge >= 0.3 is 5.97 Å². The molecular weight excluding hydrogens is 194 g/mol. The lowest BCUT2D eigenvalue weighted by Gasteiger charge is -2.01. The SMILES string of the molecule is CC(=O)OOCCc1cccc(C#N)c1. The van der Waals surface area contributed by atoms with Crippen molar-refractivity contribution in [2.75, 3.05) is 6.61 Å². The molecule has 0 heterocycles. The van der Waals surface area contributed by atoms with Gasteiger partial charge in [0.1, 0.15) is 0 Å². The minimum atomic E-state index is -0.472. The number of nitrogens with zero attached hydrogens (tertiary/aromatic N) is 1. The molecule has 15 heavy (non-hydrogen) atoms. The maximum Gasteiger partial charge on any atom is 0.339 e. The Balaban J connectivity index is 2.38. The summed E-state index contributed by atoms with van der Waals surface area (Å²) in [6, 6.07) is 9.25. The Bertz CT molecular complexity index is 382. The molecule has 0 spiro atoms. The van der Waals surface area contributed by atoms with Crippen molar-refractivity contribution in [3.63, 3.8) is 0 Å². The molecule has 0 unspecified atom stereocenters. The van der Waals surface area contributed by atoms with Crippen LogP contribution in [0.2, 0.25) is 0 Å². The molecule has 78 valence electrons. The number of carbonyl (C=O) groups is 1. The fourth-order valence-electron chi connectivity index (χ4n) is 1.08. The number of nitriles is 1. The average molecular weight is 205 g/mol. The summed E-state index contributed by atoms with van der Waals surface area (Å²) in [5.74, 6) is -0.472. The van der Waals surface area contributed by atoms with Crippen LogP contribution in [0, 0.1) is 11.3 Å². The fraction of sp³-hybridized carbons (Fsp3) is 0.273. The summed E-state index contributed by atoms with van der Waals surface area (Å²) in [6.07, 6.45) is 0.600. The Labute approximate surface area is 88.0 Å². The molecule has 0 saturated carbocycles. The molecule has 0 amide bonds. The van der Waals surface area contributed by atoms with E-state index in [-0.39, 0.29) is 6.61 Å². The first-order chi connectivity index (χ1) is 7.22. The Hall–Kier alpha value is -1.86. The highest BCUT2D eigenvalue weighted by atomic mass is 17.2. The average Bonchev–Trinajstić information content (AvgIpc) is 2.24. The summed E-state index contributed by atoms with van der Waals surface area (Å²) < 4.78 is 0. The van der Waals surface area contributed by atoms with Crippen LogP contribution in [-0.2, 0) is 21.0 Å². The molecular formula is C11H11NO3. The van der Waals surface area contributed by atoms with Crippen molar-refractivity contribution in [3.05, 3.63) is 35.4 Å². The zero-order chi connectivity index (χ0) is 11.1. The third-order valence-corrected chi connectivity index (χ3v) is 1.71. The van der Waals surface area contributed by atoms with E-state index in [9.17, 15) is 4.79 Å². The standard InChI is InChI=1S/C11H11NO3/c1-9(13)15-14-6-5-10-3-2-4-11(7-10)8-12/h2-4,7H,5-6H2,1H3. The summed E-state index contributed by atoms with van der Waals surface area (Å²) in [5.41, 5.74) is 1.58. The maximum atomic E-state index is 10.4. The molecule has 4 heteroatoms. The van der Waals surface area contributed by atoms with Gasteiger partial charge in [-0.3, -0.25) is 4.89 Å². The van der Waals surface area contributed by atoms with E-state index in [0.717, 1.165) is 5.56 Å². The Morgan fingerprint density at radius 2 is 2.33 bits per heavy atom. The quantitative estimate of drug-likeness (QED) is 0.425. The van der Waals surface area contributed by atoms with E-state index >= 15 is 0 Å². The van der Waals surface area contributed by atoms with Crippen molar-refractivity contribution in [1.82, 2.24) is 0 Å². The van der Waals surface area contributed by atoms with Crippen molar-refractivity contribution in [3.8, 4) is 6.07 Å². The predicted octanol–water partition coefficient (Wildman–Crippen LogP) is 1.60. The summed E-state index contributed by atoms with van der Waals surface area (Å²) >= 11 is 0. The third-order valence-electron chi connectivity index (χ3n) is 1.71. The molecule has 0 bridgehead atoms. The van der Waals surface area contributed by atoms with Crippen molar-refractivity contribution >= 4 is 5.97 Å². The molecule has 0 fully saturated rings. The number of hydrogen-bond donors (Lipinski definition) is 0. The highest BCUT2D eigenvalue weighted by molar-refractivity contribution is 5.65. The first-order valence-electron chi connectivity index (χ1n) is 4.51. The lowest BCUT2D eigenvalue weighted by Crippen LogP contribution is -2.03. The largest absolute Gasteiger partial charge is 0.339 e. The number of rotatable bonds is 4. The third kappa shape index (κ3) is 4.25. The second kappa shape index (κ2) is 5.78. The molecule has 1 rings (SSSR count). The molecule has 1 aromatic carbocycles. The molecule has 0 radical (unpaired) electrons. The molecule has 0 aromatic heterocycles. The van der Waals surface area contributed by atoms with Crippen LogP contribution in [0.1, 0.15) is 18.1 Å². The van der Waals surface area contributed by atoms with Crippen LogP contribution >= 0.6 is 0 Å². The van der Waals surface area contributed by atoms with Gasteiger partial charge in [0, 0.05) is 13.3 Å². The maximum absolute atomic E-state index is 10.4. The van der Waals surface area contributed by atoms with Crippen molar-refractivity contribution in [2.24, 2.45) is 0 Å². The molecule has 0 aliphatic heterocycles. The van der Waals surface area contributed by atoms with E-state index < -0.39 is 5.97 Å². The van der Waals surface area contributed by atoms with Gasteiger partial charge in [0.05, 0.1) is 18.2 Å². The van der Waals surface area contributed by atoms with E-state index in [1.54, 1.807) is 18.2 Å². The minimum absolute atomic E-state index is 0.286. The fourth-order valence-corrected chi connectivity index (χ4v) is 1.08. The number of carbonyl (C=O) groups excluding carboxylic acids is 1. The topological polar surface area (TPSA) is 59.3 Å². The molecule has 1 aromatic rings. The summed E-state index contributed by atoms with van der Waals surface area (Å²) in [7, 11) is 0. The van der Waals surface area contributed by atoms with Crippen LogP contribution in [0.3, 0.4) is 0 Å². The van der Waals surface area contributed by atoms with Gasteiger partial charge in [-0.1, -0.05) is 12.1 Å². The lowest BCUT2D eigenvalue weighted by atomic mass is 10.1. The van der Waals surface area contributed by atoms with Crippen LogP contribution in [0.5, 0.6) is 0 Å². The molecule has 4 nitrogen and oxygen atoms in total. The van der Waals surface area contributed by atoms with Gasteiger partial charge in [-0.05, 0) is 17.7 Å². The van der Waals surface area contributed by atoms with Gasteiger partial charge in [0.25, 0.3) is 0 Å². The van der Waals surface area contributed by atoms with Crippen molar-refractivity contribution in [1.29, 1.82) is 5.26 Å². The van der Waals surface area contributed by atoms with Crippen LogP contribution in [0.15, 0.2) is 24.3 Å². The first-order valence-corrected chi connectivity index (χ1v) is 4.51. The summed E-state index contributed by atoms with van der Waals surface area (Å²) in [4.78, 5) is 19.3. The van der Waals surface area contributed by atoms with E-state index in [0.29, 0.717) is 12.0 Å². The van der Waals surface area contributed by atoms with Crippen molar-refractivity contribution < 1.29 is 14.6 Å². The van der Waals surface area contributed by atoms with E-state index in [4.69, 9.17) is 5.26 Å². The molecule has 0 saturated heterocycles. The summed E-state index contributed by atoms with van der Waals surface area (Å²) in [5, 5.41) is 8.66. The van der Waals surface area contributed by atoms with Gasteiger partial charge in [-0.15, -0.1) is 0 Å². The molecule has 0 aliphatic carbocycles. The monoisotopic (exact) mass is 205 g/mol. The van der Waals surface area contributed by atoms with Gasteiger partial charge in [0.2, 0.25) is 0 Å². The smallest absolute Gasteiger partial charge is 0.299 e. The number of hydrogen-bond acceptors (Lipinski definition) is 4. The summed E-state index contributed by atoms with van der Waals surface area (Å²) in [6.45, 7) is 1.56. The zero-order valence-electron chi connectivity index (χ0n) is 8.40.